The molecule has 1 saturated heterocycles. The van der Waals surface area contributed by atoms with E-state index in [1.165, 1.54) is 0 Å². The Hall–Kier alpha value is -1.39. The molecule has 1 atom stereocenters. The fourth-order valence-electron chi connectivity index (χ4n) is 1.11. The van der Waals surface area contributed by atoms with E-state index in [1.54, 1.807) is 0 Å². The maximum Gasteiger partial charge on any atom is 0.240 e. The second-order valence-electron chi connectivity index (χ2n) is 2.36. The van der Waals surface area contributed by atoms with E-state index in [1.807, 2.05) is 0 Å². The van der Waals surface area contributed by atoms with Crippen LogP contribution < -0.4 is 5.73 Å². The van der Waals surface area contributed by atoms with Gasteiger partial charge < -0.3 is 5.73 Å². The lowest BCUT2D eigenvalue weighted by atomic mass is 10.2. The number of imide groups is 1. The van der Waals surface area contributed by atoms with Crippen LogP contribution in [-0.2, 0) is 14.4 Å². The molecule has 1 rings (SSSR count). The predicted molar refractivity (Wildman–Crippen MR) is 35.1 cm³/mol. The quantitative estimate of drug-likeness (QED) is 0.500. The Kier molecular flexibility index (Phi) is 1.89. The molecule has 0 bridgehead atoms. The van der Waals surface area contributed by atoms with Crippen LogP contribution in [0.2, 0.25) is 0 Å². The van der Waals surface area contributed by atoms with E-state index in [4.69, 9.17) is 5.73 Å². The SMILES string of the molecule is NC(=O)C1CCC(=O)N1C=O. The molecular weight excluding hydrogens is 148 g/mol. The molecule has 0 spiro atoms. The molecule has 11 heavy (non-hydrogen) atoms. The van der Waals surface area contributed by atoms with Crippen LogP contribution in [0.3, 0.4) is 0 Å². The Bertz CT molecular complexity index is 214. The fraction of sp³-hybridized carbons (Fsp3) is 0.500. The summed E-state index contributed by atoms with van der Waals surface area (Å²) in [6, 6.07) is -0.722. The summed E-state index contributed by atoms with van der Waals surface area (Å²) < 4.78 is 0. The van der Waals surface area contributed by atoms with Gasteiger partial charge in [0, 0.05) is 6.42 Å². The van der Waals surface area contributed by atoms with Gasteiger partial charge >= 0.3 is 0 Å². The number of nitrogens with two attached hydrogens (primary N) is 1. The van der Waals surface area contributed by atoms with Gasteiger partial charge in [-0.25, -0.2) is 0 Å². The van der Waals surface area contributed by atoms with Gasteiger partial charge in [-0.15, -0.1) is 0 Å². The maximum absolute atomic E-state index is 10.8. The number of primary amides is 1. The van der Waals surface area contributed by atoms with Crippen molar-refractivity contribution in [1.29, 1.82) is 0 Å². The number of hydrogen-bond acceptors (Lipinski definition) is 3. The van der Waals surface area contributed by atoms with Crippen LogP contribution in [-0.4, -0.2) is 29.2 Å². The topological polar surface area (TPSA) is 80.5 Å². The molecule has 5 heteroatoms. The smallest absolute Gasteiger partial charge is 0.240 e. The molecule has 1 heterocycles. The van der Waals surface area contributed by atoms with Crippen molar-refractivity contribution in [2.24, 2.45) is 5.73 Å². The molecule has 1 fully saturated rings. The number of likely N-dealkylation sites (tertiary alicyclic amines) is 1. The van der Waals surface area contributed by atoms with E-state index in [0.29, 0.717) is 12.8 Å². The Morgan fingerprint density at radius 3 is 2.73 bits per heavy atom. The van der Waals surface area contributed by atoms with Gasteiger partial charge in [-0.05, 0) is 6.42 Å². The van der Waals surface area contributed by atoms with Crippen LogP contribution >= 0.6 is 0 Å². The van der Waals surface area contributed by atoms with Crippen LogP contribution in [0.15, 0.2) is 0 Å². The van der Waals surface area contributed by atoms with Gasteiger partial charge in [0.2, 0.25) is 18.2 Å². The van der Waals surface area contributed by atoms with Gasteiger partial charge in [-0.3, -0.25) is 19.3 Å². The fourth-order valence-corrected chi connectivity index (χ4v) is 1.11. The second kappa shape index (κ2) is 2.69. The van der Waals surface area contributed by atoms with Crippen LogP contribution in [0.1, 0.15) is 12.8 Å². The highest BCUT2D eigenvalue weighted by atomic mass is 16.2. The first-order valence-corrected chi connectivity index (χ1v) is 3.22. The van der Waals surface area contributed by atoms with Crippen molar-refractivity contribution in [3.63, 3.8) is 0 Å². The van der Waals surface area contributed by atoms with Crippen molar-refractivity contribution in [2.45, 2.75) is 18.9 Å². The summed E-state index contributed by atoms with van der Waals surface area (Å²) in [5.74, 6) is -0.952. The molecule has 0 aromatic rings. The van der Waals surface area contributed by atoms with Gasteiger partial charge in [0.25, 0.3) is 0 Å². The Balaban J connectivity index is 2.76. The highest BCUT2D eigenvalue weighted by Crippen LogP contribution is 2.15. The van der Waals surface area contributed by atoms with Crippen molar-refractivity contribution in [3.05, 3.63) is 0 Å². The summed E-state index contributed by atoms with van der Waals surface area (Å²) in [6.45, 7) is 0. The Labute approximate surface area is 63.1 Å². The number of hydrogen-bond donors (Lipinski definition) is 1. The van der Waals surface area contributed by atoms with Crippen LogP contribution in [0.25, 0.3) is 0 Å². The minimum atomic E-state index is -0.722. The summed E-state index contributed by atoms with van der Waals surface area (Å²) >= 11 is 0. The lowest BCUT2D eigenvalue weighted by Crippen LogP contribution is -2.41. The van der Waals surface area contributed by atoms with Gasteiger partial charge in [0.05, 0.1) is 0 Å². The number of amides is 3. The number of carbonyl (C=O) groups is 3. The molecule has 60 valence electrons. The predicted octanol–water partition coefficient (Wildman–Crippen LogP) is -1.38. The van der Waals surface area contributed by atoms with Crippen LogP contribution in [0, 0.1) is 0 Å². The van der Waals surface area contributed by atoms with Crippen molar-refractivity contribution >= 4 is 18.2 Å². The highest BCUT2D eigenvalue weighted by Gasteiger charge is 2.34. The average Bonchev–Trinajstić information content (AvgIpc) is 2.30. The normalized spacial score (nSPS) is 23.8. The third-order valence-corrected chi connectivity index (χ3v) is 1.70. The third-order valence-electron chi connectivity index (χ3n) is 1.70. The third kappa shape index (κ3) is 1.21. The zero-order valence-electron chi connectivity index (χ0n) is 5.82. The first kappa shape index (κ1) is 7.71. The van der Waals surface area contributed by atoms with E-state index in [0.717, 1.165) is 4.90 Å². The monoisotopic (exact) mass is 156 g/mol. The van der Waals surface area contributed by atoms with E-state index in [2.05, 4.69) is 0 Å². The zero-order valence-corrected chi connectivity index (χ0v) is 5.82. The largest absolute Gasteiger partial charge is 0.368 e. The first-order valence-electron chi connectivity index (χ1n) is 3.22. The minimum Gasteiger partial charge on any atom is -0.368 e. The summed E-state index contributed by atoms with van der Waals surface area (Å²) in [6.07, 6.45) is 0.935. The lowest BCUT2D eigenvalue weighted by molar-refractivity contribution is -0.140. The first-order chi connectivity index (χ1) is 5.16. The molecule has 5 nitrogen and oxygen atoms in total. The molecule has 0 radical (unpaired) electrons. The Morgan fingerprint density at radius 2 is 2.36 bits per heavy atom. The van der Waals surface area contributed by atoms with Crippen molar-refractivity contribution in [2.75, 3.05) is 0 Å². The lowest BCUT2D eigenvalue weighted by Gasteiger charge is -2.13. The minimum absolute atomic E-state index is 0.229. The molecule has 1 unspecified atom stereocenters. The highest BCUT2D eigenvalue weighted by molar-refractivity contribution is 5.96. The maximum atomic E-state index is 10.8. The molecule has 0 aromatic carbocycles. The van der Waals surface area contributed by atoms with Gasteiger partial charge in [-0.2, -0.15) is 0 Å². The van der Waals surface area contributed by atoms with Crippen molar-refractivity contribution in [3.8, 4) is 0 Å². The summed E-state index contributed by atoms with van der Waals surface area (Å²) in [7, 11) is 0. The van der Waals surface area contributed by atoms with E-state index >= 15 is 0 Å². The molecular formula is C6H8N2O3. The van der Waals surface area contributed by atoms with Gasteiger partial charge in [0.1, 0.15) is 6.04 Å². The van der Waals surface area contributed by atoms with Gasteiger partial charge in [-0.1, -0.05) is 0 Å². The number of nitrogens with zero attached hydrogens (tertiary/aromatic N) is 1. The molecule has 0 aliphatic carbocycles. The van der Waals surface area contributed by atoms with E-state index < -0.39 is 11.9 Å². The molecule has 3 amide bonds. The van der Waals surface area contributed by atoms with Crippen LogP contribution in [0.4, 0.5) is 0 Å². The zero-order chi connectivity index (χ0) is 8.43. The second-order valence-corrected chi connectivity index (χ2v) is 2.36. The summed E-state index contributed by atoms with van der Waals surface area (Å²) in [5, 5.41) is 0. The van der Waals surface area contributed by atoms with E-state index in [-0.39, 0.29) is 12.3 Å². The molecule has 0 aromatic heterocycles. The Morgan fingerprint density at radius 1 is 1.73 bits per heavy atom. The molecule has 1 aliphatic heterocycles. The standard InChI is InChI=1S/C6H8N2O3/c7-6(11)4-1-2-5(10)8(4)3-9/h3-4H,1-2H2,(H2,7,11). The van der Waals surface area contributed by atoms with Gasteiger partial charge in [0.15, 0.2) is 0 Å². The average molecular weight is 156 g/mol. The number of rotatable bonds is 2. The molecule has 0 saturated carbocycles. The molecule has 1 aliphatic rings. The van der Waals surface area contributed by atoms with E-state index in [9.17, 15) is 14.4 Å². The summed E-state index contributed by atoms with van der Waals surface area (Å²) in [4.78, 5) is 32.5. The summed E-state index contributed by atoms with van der Waals surface area (Å²) in [5.41, 5.74) is 4.93. The van der Waals surface area contributed by atoms with Crippen molar-refractivity contribution in [1.82, 2.24) is 4.90 Å². The number of carbonyl (C=O) groups excluding carboxylic acids is 3. The van der Waals surface area contributed by atoms with Crippen molar-refractivity contribution < 1.29 is 14.4 Å². The molecule has 2 N–H and O–H groups in total. The van der Waals surface area contributed by atoms with Crippen LogP contribution in [0.5, 0.6) is 0 Å².